The summed E-state index contributed by atoms with van der Waals surface area (Å²) < 4.78 is 41.9. The van der Waals surface area contributed by atoms with Crippen LogP contribution in [0.5, 0.6) is 11.5 Å². The average Bonchev–Trinajstić information content (AvgIpc) is 3.20. The highest BCUT2D eigenvalue weighted by Crippen LogP contribution is 2.35. The van der Waals surface area contributed by atoms with Crippen LogP contribution < -0.4 is 14.3 Å². The topological polar surface area (TPSA) is 90.2 Å². The number of hydrogen-bond acceptors (Lipinski definition) is 6. The summed E-state index contributed by atoms with van der Waals surface area (Å²) in [5.74, 6) is 0.902. The van der Waals surface area contributed by atoms with Gasteiger partial charge in [-0.15, -0.1) is 0 Å². The van der Waals surface area contributed by atoms with Crippen LogP contribution in [-0.2, 0) is 23.6 Å². The van der Waals surface area contributed by atoms with Crippen LogP contribution in [0.25, 0.3) is 10.2 Å². The molecular formula is C26H25N3O5S2. The number of sulfonamides is 1. The summed E-state index contributed by atoms with van der Waals surface area (Å²) >= 11 is 1.37. The molecule has 0 atom stereocenters. The summed E-state index contributed by atoms with van der Waals surface area (Å²) in [6.07, 6.45) is 0. The van der Waals surface area contributed by atoms with Gasteiger partial charge in [-0.2, -0.15) is 9.30 Å². The van der Waals surface area contributed by atoms with Crippen molar-refractivity contribution in [2.75, 3.05) is 19.8 Å². The Morgan fingerprint density at radius 1 is 1.03 bits per heavy atom. The van der Waals surface area contributed by atoms with Gasteiger partial charge in [-0.05, 0) is 29.8 Å². The van der Waals surface area contributed by atoms with Gasteiger partial charge in [-0.3, -0.25) is 4.79 Å². The monoisotopic (exact) mass is 523 g/mol. The van der Waals surface area contributed by atoms with Crippen molar-refractivity contribution in [3.05, 3.63) is 82.7 Å². The minimum absolute atomic E-state index is 0.134. The van der Waals surface area contributed by atoms with E-state index in [0.29, 0.717) is 41.6 Å². The Labute approximate surface area is 213 Å². The lowest BCUT2D eigenvalue weighted by Gasteiger charge is -2.20. The van der Waals surface area contributed by atoms with Gasteiger partial charge in [0.2, 0.25) is 10.0 Å². The van der Waals surface area contributed by atoms with Crippen molar-refractivity contribution in [2.24, 2.45) is 12.0 Å². The van der Waals surface area contributed by atoms with Crippen LogP contribution in [0.3, 0.4) is 0 Å². The molecule has 5 rings (SSSR count). The number of benzene rings is 3. The maximum Gasteiger partial charge on any atom is 0.279 e. The molecule has 3 aromatic carbocycles. The number of carbonyl (C=O) groups excluding carboxylic acids is 1. The van der Waals surface area contributed by atoms with Crippen LogP contribution in [0, 0.1) is 0 Å². The predicted molar refractivity (Wildman–Crippen MR) is 138 cm³/mol. The first-order valence-electron chi connectivity index (χ1n) is 11.5. The SMILES string of the molecule is CCN(Cc1ccccc1)S(=O)(=O)c1ccc(C(=O)N=c2sc3cc4c(cc3n2C)OCCO4)cc1. The fourth-order valence-corrected chi connectivity index (χ4v) is 6.46. The van der Waals surface area contributed by atoms with Crippen molar-refractivity contribution in [1.29, 1.82) is 0 Å². The van der Waals surface area contributed by atoms with E-state index >= 15 is 0 Å². The second-order valence-corrected chi connectivity index (χ2v) is 11.2. The van der Waals surface area contributed by atoms with Gasteiger partial charge in [-0.1, -0.05) is 48.6 Å². The summed E-state index contributed by atoms with van der Waals surface area (Å²) in [5.41, 5.74) is 2.10. The molecular weight excluding hydrogens is 498 g/mol. The number of aromatic nitrogens is 1. The number of nitrogens with zero attached hydrogens (tertiary/aromatic N) is 3. The number of rotatable bonds is 6. The molecule has 186 valence electrons. The van der Waals surface area contributed by atoms with Crippen molar-refractivity contribution in [3.8, 4) is 11.5 Å². The molecule has 10 heteroatoms. The van der Waals surface area contributed by atoms with E-state index in [1.165, 1.54) is 39.9 Å². The number of ether oxygens (including phenoxy) is 2. The standard InChI is InChI=1S/C26H25N3O5S2/c1-3-29(17-18-7-5-4-6-8-18)36(31,32)20-11-9-19(10-12-20)25(30)27-26-28(2)21-15-22-23(16-24(21)35-26)34-14-13-33-22/h4-12,15-16H,3,13-14,17H2,1-2H3. The van der Waals surface area contributed by atoms with Crippen LogP contribution in [-0.4, -0.2) is 43.0 Å². The number of fused-ring (bicyclic) bond motifs is 2. The molecule has 0 fully saturated rings. The van der Waals surface area contributed by atoms with E-state index in [-0.39, 0.29) is 11.4 Å². The molecule has 1 aliphatic heterocycles. The Bertz CT molecular complexity index is 1590. The van der Waals surface area contributed by atoms with E-state index in [1.807, 2.05) is 54.1 Å². The van der Waals surface area contributed by atoms with E-state index in [1.54, 1.807) is 6.92 Å². The van der Waals surface area contributed by atoms with E-state index in [0.717, 1.165) is 15.8 Å². The molecule has 0 saturated carbocycles. The lowest BCUT2D eigenvalue weighted by atomic mass is 10.2. The van der Waals surface area contributed by atoms with Crippen molar-refractivity contribution in [3.63, 3.8) is 0 Å². The zero-order chi connectivity index (χ0) is 25.3. The zero-order valence-electron chi connectivity index (χ0n) is 19.9. The Balaban J connectivity index is 1.40. The highest BCUT2D eigenvalue weighted by molar-refractivity contribution is 7.89. The highest BCUT2D eigenvalue weighted by Gasteiger charge is 2.23. The molecule has 0 saturated heterocycles. The fraction of sp³-hybridized carbons (Fsp3) is 0.231. The molecule has 4 aromatic rings. The normalized spacial score (nSPS) is 13.9. The maximum absolute atomic E-state index is 13.2. The van der Waals surface area contributed by atoms with Crippen molar-refractivity contribution >= 4 is 37.5 Å². The second-order valence-electron chi connectivity index (χ2n) is 8.27. The molecule has 0 unspecified atom stereocenters. The summed E-state index contributed by atoms with van der Waals surface area (Å²) in [5, 5.41) is 0. The van der Waals surface area contributed by atoms with Crippen LogP contribution in [0.2, 0.25) is 0 Å². The van der Waals surface area contributed by atoms with Gasteiger partial charge in [0.1, 0.15) is 13.2 Å². The van der Waals surface area contributed by atoms with Crippen molar-refractivity contribution in [2.45, 2.75) is 18.4 Å². The van der Waals surface area contributed by atoms with Gasteiger partial charge in [0.15, 0.2) is 16.3 Å². The van der Waals surface area contributed by atoms with Gasteiger partial charge < -0.3 is 14.0 Å². The third kappa shape index (κ3) is 4.67. The molecule has 0 bridgehead atoms. The Kier molecular flexibility index (Phi) is 6.65. The Morgan fingerprint density at radius 2 is 1.69 bits per heavy atom. The first-order valence-corrected chi connectivity index (χ1v) is 13.7. The van der Waals surface area contributed by atoms with Crippen LogP contribution in [0.15, 0.2) is 76.6 Å². The van der Waals surface area contributed by atoms with Gasteiger partial charge in [-0.25, -0.2) is 8.42 Å². The van der Waals surface area contributed by atoms with E-state index in [2.05, 4.69) is 4.99 Å². The van der Waals surface area contributed by atoms with Gasteiger partial charge in [0.25, 0.3) is 5.91 Å². The predicted octanol–water partition coefficient (Wildman–Crippen LogP) is 3.96. The molecule has 1 amide bonds. The van der Waals surface area contributed by atoms with Crippen LogP contribution in [0.1, 0.15) is 22.8 Å². The largest absolute Gasteiger partial charge is 0.486 e. The molecule has 2 heterocycles. The van der Waals surface area contributed by atoms with Gasteiger partial charge in [0, 0.05) is 37.8 Å². The first kappa shape index (κ1) is 24.2. The maximum atomic E-state index is 13.2. The van der Waals surface area contributed by atoms with Crippen molar-refractivity contribution < 1.29 is 22.7 Å². The quantitative estimate of drug-likeness (QED) is 0.382. The number of thiazole rings is 1. The Hall–Kier alpha value is -3.47. The van der Waals surface area contributed by atoms with E-state index < -0.39 is 15.9 Å². The lowest BCUT2D eigenvalue weighted by Crippen LogP contribution is -2.30. The fourth-order valence-electron chi connectivity index (χ4n) is 3.99. The third-order valence-corrected chi connectivity index (χ3v) is 8.99. The number of amides is 1. The first-order chi connectivity index (χ1) is 17.4. The van der Waals surface area contributed by atoms with Crippen molar-refractivity contribution in [1.82, 2.24) is 8.87 Å². The number of carbonyl (C=O) groups is 1. The molecule has 1 aliphatic rings. The minimum atomic E-state index is -3.72. The molecule has 36 heavy (non-hydrogen) atoms. The highest BCUT2D eigenvalue weighted by atomic mass is 32.2. The molecule has 0 aliphatic carbocycles. The average molecular weight is 524 g/mol. The number of hydrogen-bond donors (Lipinski definition) is 0. The molecule has 0 radical (unpaired) electrons. The lowest BCUT2D eigenvalue weighted by molar-refractivity contribution is 0.0998. The van der Waals surface area contributed by atoms with Crippen LogP contribution >= 0.6 is 11.3 Å². The minimum Gasteiger partial charge on any atom is -0.486 e. The van der Waals surface area contributed by atoms with Gasteiger partial charge >= 0.3 is 0 Å². The summed E-state index contributed by atoms with van der Waals surface area (Å²) in [4.78, 5) is 17.9. The molecule has 1 aromatic heterocycles. The summed E-state index contributed by atoms with van der Waals surface area (Å²) in [6.45, 7) is 3.40. The van der Waals surface area contributed by atoms with E-state index in [4.69, 9.17) is 9.47 Å². The molecule has 0 N–H and O–H groups in total. The Morgan fingerprint density at radius 3 is 2.36 bits per heavy atom. The van der Waals surface area contributed by atoms with E-state index in [9.17, 15) is 13.2 Å². The number of aryl methyl sites for hydroxylation is 1. The molecule has 8 nitrogen and oxygen atoms in total. The summed E-state index contributed by atoms with van der Waals surface area (Å²) in [7, 11) is -1.88. The third-order valence-electron chi connectivity index (χ3n) is 5.96. The smallest absolute Gasteiger partial charge is 0.279 e. The molecule has 0 spiro atoms. The zero-order valence-corrected chi connectivity index (χ0v) is 21.5. The van der Waals surface area contributed by atoms with Crippen LogP contribution in [0.4, 0.5) is 0 Å². The summed E-state index contributed by atoms with van der Waals surface area (Å²) in [6, 6.07) is 19.1. The van der Waals surface area contributed by atoms with Gasteiger partial charge in [0.05, 0.1) is 15.1 Å². The second kappa shape index (κ2) is 9.88.